The van der Waals surface area contributed by atoms with Crippen LogP contribution in [0.25, 0.3) is 0 Å². The minimum Gasteiger partial charge on any atom is -0.378 e. The van der Waals surface area contributed by atoms with E-state index in [-0.39, 0.29) is 11.2 Å². The summed E-state index contributed by atoms with van der Waals surface area (Å²) in [5.41, 5.74) is -0.153. The molecule has 3 fully saturated rings. The molecule has 19 heavy (non-hydrogen) atoms. The molecule has 3 saturated heterocycles. The van der Waals surface area contributed by atoms with Crippen molar-refractivity contribution in [2.45, 2.75) is 42.9 Å². The molecule has 3 rings (SSSR count). The minimum atomic E-state index is -0.127. The zero-order chi connectivity index (χ0) is 13.2. The van der Waals surface area contributed by atoms with Gasteiger partial charge in [-0.3, -0.25) is 0 Å². The molecular formula is C14H25NO4. The molecule has 0 radical (unpaired) electrons. The van der Waals surface area contributed by atoms with Crippen LogP contribution >= 0.6 is 0 Å². The van der Waals surface area contributed by atoms with Crippen LogP contribution in [0, 0.1) is 0 Å². The molecule has 0 saturated carbocycles. The summed E-state index contributed by atoms with van der Waals surface area (Å²) in [7, 11) is 1.78. The molecule has 3 aliphatic rings. The van der Waals surface area contributed by atoms with Crippen LogP contribution in [-0.4, -0.2) is 63.9 Å². The molecule has 0 aromatic heterocycles. The molecule has 3 aliphatic heterocycles. The second-order valence-corrected chi connectivity index (χ2v) is 6.09. The first-order chi connectivity index (χ1) is 9.26. The topological polar surface area (TPSA) is 49.0 Å². The van der Waals surface area contributed by atoms with E-state index in [0.717, 1.165) is 58.7 Å². The van der Waals surface area contributed by atoms with Crippen LogP contribution in [0.15, 0.2) is 0 Å². The van der Waals surface area contributed by atoms with Crippen LogP contribution in [0.5, 0.6) is 0 Å². The molecule has 0 amide bonds. The first kappa shape index (κ1) is 13.8. The lowest BCUT2D eigenvalue weighted by Gasteiger charge is -2.39. The van der Waals surface area contributed by atoms with Gasteiger partial charge in [-0.1, -0.05) is 0 Å². The molecule has 3 unspecified atom stereocenters. The van der Waals surface area contributed by atoms with Gasteiger partial charge in [-0.15, -0.1) is 0 Å². The average Bonchev–Trinajstić information content (AvgIpc) is 3.07. The summed E-state index contributed by atoms with van der Waals surface area (Å²) < 4.78 is 22.6. The first-order valence-electron chi connectivity index (χ1n) is 7.34. The molecule has 110 valence electrons. The second kappa shape index (κ2) is 5.66. The molecule has 3 heterocycles. The van der Waals surface area contributed by atoms with Crippen molar-refractivity contribution < 1.29 is 18.9 Å². The molecule has 0 aromatic carbocycles. The number of hydrogen-bond acceptors (Lipinski definition) is 5. The first-order valence-corrected chi connectivity index (χ1v) is 7.34. The van der Waals surface area contributed by atoms with Crippen LogP contribution in [0.4, 0.5) is 0 Å². The Kier molecular flexibility index (Phi) is 4.10. The van der Waals surface area contributed by atoms with Gasteiger partial charge in [0, 0.05) is 52.4 Å². The fraction of sp³-hybridized carbons (Fsp3) is 1.00. The Hall–Kier alpha value is -0.200. The van der Waals surface area contributed by atoms with Crippen molar-refractivity contribution in [1.29, 1.82) is 0 Å². The summed E-state index contributed by atoms with van der Waals surface area (Å²) in [6.07, 6.45) is 4.13. The Labute approximate surface area is 114 Å². The molecule has 5 heteroatoms. The molecular weight excluding hydrogens is 246 g/mol. The van der Waals surface area contributed by atoms with Crippen LogP contribution in [0.2, 0.25) is 0 Å². The molecule has 0 aromatic rings. The Morgan fingerprint density at radius 1 is 1.16 bits per heavy atom. The van der Waals surface area contributed by atoms with E-state index in [9.17, 15) is 0 Å². The van der Waals surface area contributed by atoms with Gasteiger partial charge in [0.05, 0.1) is 18.8 Å². The third kappa shape index (κ3) is 2.95. The molecule has 5 nitrogen and oxygen atoms in total. The third-order valence-electron chi connectivity index (χ3n) is 4.77. The molecule has 1 spiro atoms. The van der Waals surface area contributed by atoms with Gasteiger partial charge in [-0.2, -0.15) is 0 Å². The number of ether oxygens (including phenoxy) is 4. The molecule has 3 atom stereocenters. The average molecular weight is 271 g/mol. The smallest absolute Gasteiger partial charge is 0.106 e. The lowest BCUT2D eigenvalue weighted by atomic mass is 9.89. The number of hydrogen-bond donors (Lipinski definition) is 1. The van der Waals surface area contributed by atoms with Crippen molar-refractivity contribution in [2.75, 3.05) is 46.7 Å². The van der Waals surface area contributed by atoms with Crippen LogP contribution in [0.3, 0.4) is 0 Å². The lowest BCUT2D eigenvalue weighted by molar-refractivity contribution is -0.0927. The van der Waals surface area contributed by atoms with Crippen molar-refractivity contribution in [3.05, 3.63) is 0 Å². The van der Waals surface area contributed by atoms with Gasteiger partial charge in [0.1, 0.15) is 5.60 Å². The zero-order valence-electron chi connectivity index (χ0n) is 11.8. The maximum absolute atomic E-state index is 5.96. The van der Waals surface area contributed by atoms with E-state index in [1.54, 1.807) is 7.11 Å². The third-order valence-corrected chi connectivity index (χ3v) is 4.77. The van der Waals surface area contributed by atoms with E-state index in [1.807, 2.05) is 0 Å². The van der Waals surface area contributed by atoms with E-state index < -0.39 is 0 Å². The summed E-state index contributed by atoms with van der Waals surface area (Å²) in [4.78, 5) is 0. The summed E-state index contributed by atoms with van der Waals surface area (Å²) in [6, 6.07) is 0.503. The van der Waals surface area contributed by atoms with Crippen molar-refractivity contribution >= 4 is 0 Å². The summed E-state index contributed by atoms with van der Waals surface area (Å²) >= 11 is 0. The van der Waals surface area contributed by atoms with Crippen LogP contribution in [-0.2, 0) is 18.9 Å². The van der Waals surface area contributed by atoms with Gasteiger partial charge < -0.3 is 24.3 Å². The highest BCUT2D eigenvalue weighted by Crippen LogP contribution is 2.33. The van der Waals surface area contributed by atoms with Gasteiger partial charge >= 0.3 is 0 Å². The second-order valence-electron chi connectivity index (χ2n) is 6.09. The Morgan fingerprint density at radius 3 is 2.68 bits per heavy atom. The monoisotopic (exact) mass is 271 g/mol. The largest absolute Gasteiger partial charge is 0.378 e. The number of nitrogens with one attached hydrogen (secondary N) is 1. The highest BCUT2D eigenvalue weighted by molar-refractivity contribution is 4.95. The van der Waals surface area contributed by atoms with Gasteiger partial charge in [0.25, 0.3) is 0 Å². The number of rotatable bonds is 4. The lowest BCUT2D eigenvalue weighted by Crippen LogP contribution is -2.52. The molecule has 0 aliphatic carbocycles. The molecule has 0 bridgehead atoms. The maximum atomic E-state index is 5.96. The van der Waals surface area contributed by atoms with Gasteiger partial charge in [0.2, 0.25) is 0 Å². The van der Waals surface area contributed by atoms with Crippen molar-refractivity contribution in [1.82, 2.24) is 5.32 Å². The highest BCUT2D eigenvalue weighted by atomic mass is 16.6. The predicted octanol–water partition coefficient (Wildman–Crippen LogP) is 0.720. The Morgan fingerprint density at radius 2 is 2.00 bits per heavy atom. The van der Waals surface area contributed by atoms with Crippen LogP contribution in [0.1, 0.15) is 25.7 Å². The SMILES string of the molecule is COC1(CNC2CCOC3(CCOC3)C2)CCOC1. The van der Waals surface area contributed by atoms with Gasteiger partial charge in [0.15, 0.2) is 0 Å². The van der Waals surface area contributed by atoms with E-state index in [2.05, 4.69) is 5.32 Å². The van der Waals surface area contributed by atoms with E-state index in [0.29, 0.717) is 12.6 Å². The van der Waals surface area contributed by atoms with E-state index in [1.165, 1.54) is 0 Å². The quantitative estimate of drug-likeness (QED) is 0.816. The predicted molar refractivity (Wildman–Crippen MR) is 70.3 cm³/mol. The Bertz CT molecular complexity index is 298. The van der Waals surface area contributed by atoms with Crippen molar-refractivity contribution in [2.24, 2.45) is 0 Å². The fourth-order valence-electron chi connectivity index (χ4n) is 3.36. The minimum absolute atomic E-state index is 0.0255. The van der Waals surface area contributed by atoms with Crippen LogP contribution < -0.4 is 5.32 Å². The van der Waals surface area contributed by atoms with Gasteiger partial charge in [-0.25, -0.2) is 0 Å². The van der Waals surface area contributed by atoms with E-state index >= 15 is 0 Å². The number of methoxy groups -OCH3 is 1. The highest BCUT2D eigenvalue weighted by Gasteiger charge is 2.42. The summed E-state index contributed by atoms with van der Waals surface area (Å²) in [6.45, 7) is 4.80. The summed E-state index contributed by atoms with van der Waals surface area (Å²) in [5, 5.41) is 3.67. The van der Waals surface area contributed by atoms with Gasteiger partial charge in [-0.05, 0) is 12.8 Å². The zero-order valence-corrected chi connectivity index (χ0v) is 11.8. The maximum Gasteiger partial charge on any atom is 0.106 e. The van der Waals surface area contributed by atoms with Crippen molar-refractivity contribution in [3.63, 3.8) is 0 Å². The fourth-order valence-corrected chi connectivity index (χ4v) is 3.36. The van der Waals surface area contributed by atoms with E-state index in [4.69, 9.17) is 18.9 Å². The Balaban J connectivity index is 1.52. The standard InChI is InChI=1S/C14H25NO4/c1-16-14(4-7-18-11-14)9-15-12-2-5-19-13(8-12)3-6-17-10-13/h12,15H,2-11H2,1H3. The summed E-state index contributed by atoms with van der Waals surface area (Å²) in [5.74, 6) is 0. The van der Waals surface area contributed by atoms with Crippen molar-refractivity contribution in [3.8, 4) is 0 Å². The normalized spacial score (nSPS) is 43.1. The molecule has 1 N–H and O–H groups in total.